The molecule has 1 aliphatic heterocycles. The molecule has 0 atom stereocenters. The third kappa shape index (κ3) is 5.75. The summed E-state index contributed by atoms with van der Waals surface area (Å²) >= 11 is 6.14. The third-order valence-corrected chi connectivity index (χ3v) is 4.04. The number of nitrogens with one attached hydrogen (secondary N) is 2. The first kappa shape index (κ1) is 21.5. The summed E-state index contributed by atoms with van der Waals surface area (Å²) in [4.78, 5) is 16.2. The van der Waals surface area contributed by atoms with Gasteiger partial charge in [0.1, 0.15) is 11.3 Å². The predicted octanol–water partition coefficient (Wildman–Crippen LogP) is 3.15. The van der Waals surface area contributed by atoms with Crippen molar-refractivity contribution in [3.8, 4) is 5.75 Å². The van der Waals surface area contributed by atoms with Crippen molar-refractivity contribution < 1.29 is 9.53 Å². The average Bonchev–Trinajstić information content (AvgIpc) is 2.60. The molecule has 0 saturated carbocycles. The fourth-order valence-corrected chi connectivity index (χ4v) is 2.68. The van der Waals surface area contributed by atoms with E-state index >= 15 is 0 Å². The Morgan fingerprint density at radius 2 is 2.16 bits per heavy atom. The van der Waals surface area contributed by atoms with Crippen LogP contribution in [0.3, 0.4) is 0 Å². The Morgan fingerprint density at radius 1 is 1.32 bits per heavy atom. The molecule has 5 nitrogen and oxygen atoms in total. The highest BCUT2D eigenvalue weighted by Crippen LogP contribution is 2.29. The Bertz CT molecular complexity index is 753. The average molecular weight is 405 g/mol. The van der Waals surface area contributed by atoms with Crippen LogP contribution in [0.15, 0.2) is 42.1 Å². The molecule has 8 heteroatoms. The molecular weight excluding hydrogens is 385 g/mol. The first-order chi connectivity index (χ1) is 11.2. The molecule has 1 amide bonds. The Labute approximate surface area is 164 Å². The lowest BCUT2D eigenvalue weighted by Crippen LogP contribution is -2.32. The van der Waals surface area contributed by atoms with E-state index in [1.165, 1.54) is 5.57 Å². The van der Waals surface area contributed by atoms with Crippen molar-refractivity contribution in [1.29, 1.82) is 0 Å². The van der Waals surface area contributed by atoms with Crippen molar-refractivity contribution in [2.24, 2.45) is 0 Å². The summed E-state index contributed by atoms with van der Waals surface area (Å²) in [7, 11) is 0. The van der Waals surface area contributed by atoms with Gasteiger partial charge in [-0.3, -0.25) is 9.78 Å². The van der Waals surface area contributed by atoms with E-state index in [4.69, 9.17) is 16.3 Å². The molecule has 136 valence electrons. The molecule has 0 saturated heterocycles. The lowest BCUT2D eigenvalue weighted by Gasteiger charge is -2.15. The van der Waals surface area contributed by atoms with Crippen LogP contribution < -0.4 is 15.4 Å². The number of halogens is 3. The normalized spacial score (nSPS) is 13.2. The molecule has 3 rings (SSSR count). The summed E-state index contributed by atoms with van der Waals surface area (Å²) in [6.45, 7) is 2.35. The highest BCUT2D eigenvalue weighted by Gasteiger charge is 2.10. The zero-order valence-electron chi connectivity index (χ0n) is 13.5. The number of rotatable bonds is 5. The fourth-order valence-electron chi connectivity index (χ4n) is 2.46. The van der Waals surface area contributed by atoms with Crippen molar-refractivity contribution in [3.63, 3.8) is 0 Å². The predicted molar refractivity (Wildman–Crippen MR) is 105 cm³/mol. The van der Waals surface area contributed by atoms with Gasteiger partial charge in [-0.05, 0) is 37.2 Å². The van der Waals surface area contributed by atoms with Crippen molar-refractivity contribution in [2.45, 2.75) is 6.42 Å². The zero-order valence-corrected chi connectivity index (χ0v) is 15.8. The van der Waals surface area contributed by atoms with Crippen LogP contribution in [0.5, 0.6) is 5.75 Å². The number of ether oxygens (including phenoxy) is 1. The molecule has 0 spiro atoms. The van der Waals surface area contributed by atoms with E-state index in [1.54, 1.807) is 18.3 Å². The number of aromatic nitrogens is 1. The number of amides is 1. The number of benzene rings is 1. The first-order valence-corrected chi connectivity index (χ1v) is 7.93. The topological polar surface area (TPSA) is 63.2 Å². The fraction of sp³-hybridized carbons (Fsp3) is 0.294. The summed E-state index contributed by atoms with van der Waals surface area (Å²) in [6.07, 6.45) is 4.75. The molecule has 1 aliphatic rings. The van der Waals surface area contributed by atoms with Crippen LogP contribution in [0.1, 0.15) is 6.42 Å². The Kier molecular flexibility index (Phi) is 9.00. The molecule has 0 radical (unpaired) electrons. The SMILES string of the molecule is Cl.Cl.O=C(COc1ccc(Cl)c2cccnc12)NCC1=CCNCC1. The minimum absolute atomic E-state index is 0. The minimum Gasteiger partial charge on any atom is -0.481 e. The summed E-state index contributed by atoms with van der Waals surface area (Å²) in [6, 6.07) is 7.18. The zero-order chi connectivity index (χ0) is 16.1. The number of carbonyl (C=O) groups is 1. The molecule has 2 N–H and O–H groups in total. The van der Waals surface area contributed by atoms with Gasteiger partial charge in [0.25, 0.3) is 5.91 Å². The summed E-state index contributed by atoms with van der Waals surface area (Å²) in [5.41, 5.74) is 1.91. The van der Waals surface area contributed by atoms with E-state index < -0.39 is 0 Å². The number of fused-ring (bicyclic) bond motifs is 1. The highest BCUT2D eigenvalue weighted by molar-refractivity contribution is 6.35. The quantitative estimate of drug-likeness (QED) is 0.752. The summed E-state index contributed by atoms with van der Waals surface area (Å²) < 4.78 is 5.61. The van der Waals surface area contributed by atoms with Gasteiger partial charge in [-0.15, -0.1) is 24.8 Å². The second-order valence-electron chi connectivity index (χ2n) is 5.33. The molecular formula is C17H20Cl3N3O2. The maximum absolute atomic E-state index is 11.9. The second-order valence-corrected chi connectivity index (χ2v) is 5.73. The van der Waals surface area contributed by atoms with Crippen LogP contribution in [0.4, 0.5) is 0 Å². The van der Waals surface area contributed by atoms with Crippen LogP contribution in [-0.2, 0) is 4.79 Å². The smallest absolute Gasteiger partial charge is 0.258 e. The van der Waals surface area contributed by atoms with Crippen LogP contribution in [-0.4, -0.2) is 37.1 Å². The molecule has 1 aromatic carbocycles. The van der Waals surface area contributed by atoms with Crippen LogP contribution in [0.2, 0.25) is 5.02 Å². The van der Waals surface area contributed by atoms with Gasteiger partial charge in [-0.2, -0.15) is 0 Å². The molecule has 0 bridgehead atoms. The van der Waals surface area contributed by atoms with E-state index in [2.05, 4.69) is 21.7 Å². The third-order valence-electron chi connectivity index (χ3n) is 3.71. The Balaban J connectivity index is 0.00000156. The number of hydrogen-bond acceptors (Lipinski definition) is 4. The molecule has 1 aromatic heterocycles. The Morgan fingerprint density at radius 3 is 2.92 bits per heavy atom. The van der Waals surface area contributed by atoms with Gasteiger partial charge in [-0.1, -0.05) is 23.3 Å². The van der Waals surface area contributed by atoms with Gasteiger partial charge in [0.05, 0.1) is 5.02 Å². The largest absolute Gasteiger partial charge is 0.481 e. The van der Waals surface area contributed by atoms with Crippen LogP contribution in [0, 0.1) is 0 Å². The van der Waals surface area contributed by atoms with Gasteiger partial charge in [-0.25, -0.2) is 0 Å². The summed E-state index contributed by atoms with van der Waals surface area (Å²) in [5, 5.41) is 7.54. The second kappa shape index (κ2) is 10.5. The lowest BCUT2D eigenvalue weighted by molar-refractivity contribution is -0.122. The van der Waals surface area contributed by atoms with Crippen molar-refractivity contribution in [1.82, 2.24) is 15.6 Å². The molecule has 2 heterocycles. The number of carbonyl (C=O) groups excluding carboxylic acids is 1. The van der Waals surface area contributed by atoms with Crippen molar-refractivity contribution in [3.05, 3.63) is 47.1 Å². The molecule has 2 aromatic rings. The van der Waals surface area contributed by atoms with Gasteiger partial charge in [0.15, 0.2) is 6.61 Å². The summed E-state index contributed by atoms with van der Waals surface area (Å²) in [5.74, 6) is 0.407. The standard InChI is InChI=1S/C17H18ClN3O2.2ClH/c18-14-3-4-15(17-13(14)2-1-7-20-17)23-11-16(22)21-10-12-5-8-19-9-6-12;;/h1-5,7,19H,6,8-11H2,(H,21,22);2*1H. The maximum Gasteiger partial charge on any atom is 0.258 e. The maximum atomic E-state index is 11.9. The molecule has 25 heavy (non-hydrogen) atoms. The van der Waals surface area contributed by atoms with Crippen LogP contribution in [0.25, 0.3) is 10.9 Å². The Hall–Kier alpha value is -1.53. The van der Waals surface area contributed by atoms with E-state index in [0.29, 0.717) is 22.8 Å². The molecule has 0 unspecified atom stereocenters. The minimum atomic E-state index is -0.150. The van der Waals surface area contributed by atoms with Crippen molar-refractivity contribution >= 4 is 53.2 Å². The van der Waals surface area contributed by atoms with E-state index in [0.717, 1.165) is 24.9 Å². The highest BCUT2D eigenvalue weighted by atomic mass is 35.5. The number of nitrogens with zero attached hydrogens (tertiary/aromatic N) is 1. The van der Waals surface area contributed by atoms with Gasteiger partial charge in [0, 0.05) is 24.7 Å². The van der Waals surface area contributed by atoms with E-state index in [1.807, 2.05) is 12.1 Å². The lowest BCUT2D eigenvalue weighted by atomic mass is 10.1. The molecule has 0 aliphatic carbocycles. The van der Waals surface area contributed by atoms with Gasteiger partial charge >= 0.3 is 0 Å². The monoisotopic (exact) mass is 403 g/mol. The number of hydrogen-bond donors (Lipinski definition) is 2. The van der Waals surface area contributed by atoms with Crippen LogP contribution >= 0.6 is 36.4 Å². The first-order valence-electron chi connectivity index (χ1n) is 7.55. The van der Waals surface area contributed by atoms with E-state index in [-0.39, 0.29) is 37.3 Å². The number of pyridine rings is 1. The van der Waals surface area contributed by atoms with Gasteiger partial charge < -0.3 is 15.4 Å². The molecule has 0 fully saturated rings. The van der Waals surface area contributed by atoms with Crippen molar-refractivity contribution in [2.75, 3.05) is 26.2 Å². The van der Waals surface area contributed by atoms with Gasteiger partial charge in [0.2, 0.25) is 0 Å². The van der Waals surface area contributed by atoms with E-state index in [9.17, 15) is 4.79 Å².